The van der Waals surface area contributed by atoms with Gasteiger partial charge >= 0.3 is 0 Å². The van der Waals surface area contributed by atoms with Gasteiger partial charge in [-0.25, -0.2) is 0 Å². The largest absolute Gasteiger partial charge is 0.493 e. The van der Waals surface area contributed by atoms with E-state index in [0.717, 1.165) is 22.4 Å². The molecule has 37 heavy (non-hydrogen) atoms. The van der Waals surface area contributed by atoms with Crippen LogP contribution in [-0.4, -0.2) is 55.0 Å². The fraction of sp³-hybridized carbons (Fsp3) is 0.333. The van der Waals surface area contributed by atoms with E-state index in [1.165, 1.54) is 0 Å². The molecule has 1 aromatic heterocycles. The topological polar surface area (TPSA) is 59.1 Å². The van der Waals surface area contributed by atoms with Crippen molar-refractivity contribution in [3.05, 3.63) is 88.1 Å². The summed E-state index contributed by atoms with van der Waals surface area (Å²) >= 11 is 1.62. The van der Waals surface area contributed by atoms with Gasteiger partial charge in [-0.2, -0.15) is 0 Å². The SMILES string of the molecule is CCC(C)N(CC(=O)N(CCc1ccc(OC)c(OC)c1)Cc1cccs1)C(=O)/C=C/c1ccccc1. The third-order valence-corrected chi connectivity index (χ3v) is 7.19. The Balaban J connectivity index is 1.75. The molecule has 0 saturated carbocycles. The summed E-state index contributed by atoms with van der Waals surface area (Å²) in [7, 11) is 3.22. The molecule has 2 amide bonds. The van der Waals surface area contributed by atoms with Crippen molar-refractivity contribution in [2.75, 3.05) is 27.3 Å². The molecule has 0 spiro atoms. The first-order chi connectivity index (χ1) is 17.9. The van der Waals surface area contributed by atoms with Gasteiger partial charge in [0.1, 0.15) is 6.54 Å². The van der Waals surface area contributed by atoms with E-state index < -0.39 is 0 Å². The Hall–Kier alpha value is -3.58. The highest BCUT2D eigenvalue weighted by molar-refractivity contribution is 7.09. The maximum atomic E-state index is 13.6. The molecule has 0 bridgehead atoms. The number of carbonyl (C=O) groups is 2. The van der Waals surface area contributed by atoms with Crippen LogP contribution in [0.2, 0.25) is 0 Å². The van der Waals surface area contributed by atoms with Gasteiger partial charge in [-0.3, -0.25) is 9.59 Å². The van der Waals surface area contributed by atoms with Crippen molar-refractivity contribution in [1.29, 1.82) is 0 Å². The summed E-state index contributed by atoms with van der Waals surface area (Å²) in [5.74, 6) is 1.09. The van der Waals surface area contributed by atoms with Crippen LogP contribution < -0.4 is 9.47 Å². The van der Waals surface area contributed by atoms with Gasteiger partial charge in [-0.05, 0) is 60.5 Å². The van der Waals surface area contributed by atoms with Gasteiger partial charge in [0.2, 0.25) is 11.8 Å². The highest BCUT2D eigenvalue weighted by Gasteiger charge is 2.24. The molecule has 2 aromatic carbocycles. The first-order valence-corrected chi connectivity index (χ1v) is 13.4. The number of thiophene rings is 1. The molecule has 6 nitrogen and oxygen atoms in total. The van der Waals surface area contributed by atoms with E-state index in [9.17, 15) is 9.59 Å². The molecule has 1 atom stereocenters. The van der Waals surface area contributed by atoms with E-state index in [1.807, 2.05) is 84.8 Å². The lowest BCUT2D eigenvalue weighted by Gasteiger charge is -2.30. The summed E-state index contributed by atoms with van der Waals surface area (Å²) in [5.41, 5.74) is 1.99. The molecular weight excluding hydrogens is 484 g/mol. The summed E-state index contributed by atoms with van der Waals surface area (Å²) in [6.45, 7) is 5.07. The lowest BCUT2D eigenvalue weighted by atomic mass is 10.1. The van der Waals surface area contributed by atoms with Gasteiger partial charge in [0.25, 0.3) is 0 Å². The lowest BCUT2D eigenvalue weighted by Crippen LogP contribution is -2.46. The van der Waals surface area contributed by atoms with Gasteiger partial charge < -0.3 is 19.3 Å². The lowest BCUT2D eigenvalue weighted by molar-refractivity contribution is -0.140. The normalized spacial score (nSPS) is 11.8. The number of rotatable bonds is 13. The van der Waals surface area contributed by atoms with E-state index in [2.05, 4.69) is 0 Å². The van der Waals surface area contributed by atoms with Crippen LogP contribution in [0.15, 0.2) is 72.1 Å². The van der Waals surface area contributed by atoms with Crippen LogP contribution in [-0.2, 0) is 22.6 Å². The Kier molecular flexibility index (Phi) is 10.8. The maximum absolute atomic E-state index is 13.6. The second-order valence-electron chi connectivity index (χ2n) is 8.80. The molecule has 3 rings (SSSR count). The molecule has 7 heteroatoms. The van der Waals surface area contributed by atoms with Crippen LogP contribution in [0, 0.1) is 0 Å². The second-order valence-corrected chi connectivity index (χ2v) is 9.83. The monoisotopic (exact) mass is 520 g/mol. The number of ether oxygens (including phenoxy) is 2. The van der Waals surface area contributed by atoms with Gasteiger partial charge in [0.05, 0.1) is 20.8 Å². The first kappa shape index (κ1) is 28.0. The zero-order valence-corrected chi connectivity index (χ0v) is 22.9. The quantitative estimate of drug-likeness (QED) is 0.272. The Morgan fingerprint density at radius 2 is 1.76 bits per heavy atom. The minimum Gasteiger partial charge on any atom is -0.493 e. The van der Waals surface area contributed by atoms with Crippen LogP contribution in [0.5, 0.6) is 11.5 Å². The van der Waals surface area contributed by atoms with Crippen molar-refractivity contribution in [3.63, 3.8) is 0 Å². The Morgan fingerprint density at radius 3 is 2.41 bits per heavy atom. The molecule has 0 radical (unpaired) electrons. The minimum atomic E-state index is -0.164. The zero-order valence-electron chi connectivity index (χ0n) is 22.1. The van der Waals surface area contributed by atoms with E-state index in [1.54, 1.807) is 42.6 Å². The van der Waals surface area contributed by atoms with Crippen molar-refractivity contribution in [3.8, 4) is 11.5 Å². The number of amides is 2. The molecule has 0 aliphatic heterocycles. The number of benzene rings is 2. The maximum Gasteiger partial charge on any atom is 0.247 e. The molecule has 1 heterocycles. The Morgan fingerprint density at radius 1 is 1.00 bits per heavy atom. The summed E-state index contributed by atoms with van der Waals surface area (Å²) in [6, 6.07) is 19.4. The molecule has 1 unspecified atom stereocenters. The van der Waals surface area contributed by atoms with E-state index >= 15 is 0 Å². The standard InChI is InChI=1S/C30H36N2O4S/c1-5-23(2)32(29(33)16-14-24-10-7-6-8-11-24)22-30(34)31(21-26-12-9-19-37-26)18-17-25-13-15-27(35-3)28(20-25)36-4/h6-16,19-20,23H,5,17-18,21-22H2,1-4H3/b16-14+. The number of hydrogen-bond donors (Lipinski definition) is 0. The van der Waals surface area contributed by atoms with Crippen molar-refractivity contribution < 1.29 is 19.1 Å². The van der Waals surface area contributed by atoms with Crippen molar-refractivity contribution in [1.82, 2.24) is 9.80 Å². The van der Waals surface area contributed by atoms with Gasteiger partial charge in [-0.15, -0.1) is 11.3 Å². The van der Waals surface area contributed by atoms with Crippen molar-refractivity contribution >= 4 is 29.2 Å². The molecule has 0 N–H and O–H groups in total. The van der Waals surface area contributed by atoms with E-state index in [-0.39, 0.29) is 24.4 Å². The van der Waals surface area contributed by atoms with Crippen LogP contribution in [0.1, 0.15) is 36.3 Å². The summed E-state index contributed by atoms with van der Waals surface area (Å²) in [4.78, 5) is 31.3. The molecule has 3 aromatic rings. The van der Waals surface area contributed by atoms with Crippen LogP contribution in [0.4, 0.5) is 0 Å². The Bertz CT molecular complexity index is 1160. The predicted molar refractivity (Wildman–Crippen MR) is 150 cm³/mol. The summed E-state index contributed by atoms with van der Waals surface area (Å²) in [5, 5.41) is 2.01. The number of carbonyl (C=O) groups excluding carboxylic acids is 2. The van der Waals surface area contributed by atoms with Crippen LogP contribution in [0.3, 0.4) is 0 Å². The van der Waals surface area contributed by atoms with E-state index in [4.69, 9.17) is 9.47 Å². The molecule has 0 fully saturated rings. The molecular formula is C30H36N2O4S. The fourth-order valence-corrected chi connectivity index (χ4v) is 4.65. The summed E-state index contributed by atoms with van der Waals surface area (Å²) in [6.07, 6.45) is 4.77. The number of nitrogens with zero attached hydrogens (tertiary/aromatic N) is 2. The van der Waals surface area contributed by atoms with Crippen LogP contribution >= 0.6 is 11.3 Å². The molecule has 0 aliphatic carbocycles. The van der Waals surface area contributed by atoms with Crippen molar-refractivity contribution in [2.24, 2.45) is 0 Å². The highest BCUT2D eigenvalue weighted by Crippen LogP contribution is 2.28. The molecule has 196 valence electrons. The van der Waals surface area contributed by atoms with Gasteiger partial charge in [0.15, 0.2) is 11.5 Å². The number of methoxy groups -OCH3 is 2. The third kappa shape index (κ3) is 8.22. The molecule has 0 saturated heterocycles. The molecule has 0 aliphatic rings. The highest BCUT2D eigenvalue weighted by atomic mass is 32.1. The average Bonchev–Trinajstić information content (AvgIpc) is 3.45. The third-order valence-electron chi connectivity index (χ3n) is 6.33. The fourth-order valence-electron chi connectivity index (χ4n) is 3.93. The second kappa shape index (κ2) is 14.2. The average molecular weight is 521 g/mol. The Labute approximate surface area is 224 Å². The predicted octanol–water partition coefficient (Wildman–Crippen LogP) is 5.68. The summed E-state index contributed by atoms with van der Waals surface area (Å²) < 4.78 is 10.8. The smallest absolute Gasteiger partial charge is 0.247 e. The van der Waals surface area contributed by atoms with E-state index in [0.29, 0.717) is 31.0 Å². The van der Waals surface area contributed by atoms with Crippen LogP contribution in [0.25, 0.3) is 6.08 Å². The van der Waals surface area contributed by atoms with Crippen molar-refractivity contribution in [2.45, 2.75) is 39.3 Å². The van der Waals surface area contributed by atoms with Gasteiger partial charge in [-0.1, -0.05) is 49.4 Å². The minimum absolute atomic E-state index is 0.0320. The zero-order chi connectivity index (χ0) is 26.6. The first-order valence-electron chi connectivity index (χ1n) is 12.5. The number of hydrogen-bond acceptors (Lipinski definition) is 5. The van der Waals surface area contributed by atoms with Gasteiger partial charge in [0, 0.05) is 23.5 Å².